The smallest absolute Gasteiger partial charge is 0.289 e. The normalized spacial score (nSPS) is 10.8. The molecule has 0 saturated carbocycles. The fourth-order valence-electron chi connectivity index (χ4n) is 2.88. The van der Waals surface area contributed by atoms with Crippen LogP contribution in [0.2, 0.25) is 0 Å². The molecule has 0 aliphatic heterocycles. The summed E-state index contributed by atoms with van der Waals surface area (Å²) < 4.78 is 7.50. The van der Waals surface area contributed by atoms with Crippen molar-refractivity contribution in [3.05, 3.63) is 84.1 Å². The van der Waals surface area contributed by atoms with E-state index in [-0.39, 0.29) is 5.91 Å². The zero-order valence-electron chi connectivity index (χ0n) is 14.6. The van der Waals surface area contributed by atoms with Crippen molar-refractivity contribution in [1.82, 2.24) is 9.47 Å². The summed E-state index contributed by atoms with van der Waals surface area (Å²) in [6, 6.07) is 17.9. The summed E-state index contributed by atoms with van der Waals surface area (Å²) in [5.41, 5.74) is 2.37. The second-order valence-electron chi connectivity index (χ2n) is 6.17. The van der Waals surface area contributed by atoms with Gasteiger partial charge in [0.15, 0.2) is 5.76 Å². The quantitative estimate of drug-likeness (QED) is 0.604. The number of carbonyl (C=O) groups excluding carboxylic acids is 1. The molecule has 0 unspecified atom stereocenters. The van der Waals surface area contributed by atoms with Gasteiger partial charge in [0.05, 0.1) is 12.8 Å². The first-order chi connectivity index (χ1) is 12.3. The number of furan rings is 1. The third-order valence-corrected chi connectivity index (χ3v) is 4.27. The Hall–Kier alpha value is -2.75. The predicted octanol–water partition coefficient (Wildman–Crippen LogP) is 4.57. The van der Waals surface area contributed by atoms with Crippen molar-refractivity contribution in [3.63, 3.8) is 0 Å². The van der Waals surface area contributed by atoms with Crippen LogP contribution in [0.25, 0.3) is 0 Å². The summed E-state index contributed by atoms with van der Waals surface area (Å²) in [6.07, 6.45) is 5.64. The summed E-state index contributed by atoms with van der Waals surface area (Å²) in [6.45, 7) is 4.25. The molecule has 3 aromatic rings. The fourth-order valence-corrected chi connectivity index (χ4v) is 2.88. The Balaban J connectivity index is 1.76. The summed E-state index contributed by atoms with van der Waals surface area (Å²) in [7, 11) is 0. The molecule has 0 fully saturated rings. The molecule has 0 N–H and O–H groups in total. The van der Waals surface area contributed by atoms with Gasteiger partial charge in [-0.3, -0.25) is 4.79 Å². The van der Waals surface area contributed by atoms with Crippen molar-refractivity contribution >= 4 is 5.91 Å². The van der Waals surface area contributed by atoms with Crippen LogP contribution in [-0.4, -0.2) is 21.9 Å². The lowest BCUT2D eigenvalue weighted by atomic mass is 10.2. The Morgan fingerprint density at radius 2 is 1.92 bits per heavy atom. The molecule has 0 radical (unpaired) electrons. The molecule has 0 saturated heterocycles. The first-order valence-electron chi connectivity index (χ1n) is 8.78. The average molecular weight is 336 g/mol. The first-order valence-corrected chi connectivity index (χ1v) is 8.78. The lowest BCUT2D eigenvalue weighted by Crippen LogP contribution is -2.32. The molecule has 0 atom stereocenters. The molecule has 0 aliphatic rings. The topological polar surface area (TPSA) is 38.4 Å². The number of aromatic nitrogens is 1. The number of rotatable bonds is 8. The third-order valence-electron chi connectivity index (χ3n) is 4.27. The summed E-state index contributed by atoms with van der Waals surface area (Å²) in [4.78, 5) is 14.6. The standard InChI is InChI=1S/C21H24N2O2/c1-2-3-13-23(21(24)20-12-8-15-25-20)17-19-11-7-14-22(19)16-18-9-5-4-6-10-18/h4-12,14-15H,2-3,13,16-17H2,1H3. The Bertz CT molecular complexity index is 775. The number of unbranched alkanes of at least 4 members (excludes halogenated alkanes) is 1. The highest BCUT2D eigenvalue weighted by atomic mass is 16.3. The largest absolute Gasteiger partial charge is 0.459 e. The number of hydrogen-bond acceptors (Lipinski definition) is 2. The van der Waals surface area contributed by atoms with E-state index in [0.29, 0.717) is 12.3 Å². The third kappa shape index (κ3) is 4.41. The second kappa shape index (κ2) is 8.38. The van der Waals surface area contributed by atoms with Crippen molar-refractivity contribution in [2.75, 3.05) is 6.54 Å². The molecule has 1 amide bonds. The molecule has 0 aliphatic carbocycles. The molecule has 25 heavy (non-hydrogen) atoms. The van der Waals surface area contributed by atoms with Crippen LogP contribution in [0, 0.1) is 0 Å². The molecule has 3 rings (SSSR count). The number of amides is 1. The van der Waals surface area contributed by atoms with Gasteiger partial charge in [-0.05, 0) is 36.2 Å². The Morgan fingerprint density at radius 1 is 1.08 bits per heavy atom. The van der Waals surface area contributed by atoms with E-state index in [1.165, 1.54) is 5.56 Å². The maximum absolute atomic E-state index is 12.7. The Kier molecular flexibility index (Phi) is 5.73. The first kappa shape index (κ1) is 17.1. The SMILES string of the molecule is CCCCN(Cc1cccn1Cc1ccccc1)C(=O)c1ccco1. The van der Waals surface area contributed by atoms with Gasteiger partial charge < -0.3 is 13.9 Å². The van der Waals surface area contributed by atoms with E-state index < -0.39 is 0 Å². The van der Waals surface area contributed by atoms with Crippen molar-refractivity contribution in [3.8, 4) is 0 Å². The summed E-state index contributed by atoms with van der Waals surface area (Å²) >= 11 is 0. The highest BCUT2D eigenvalue weighted by Gasteiger charge is 2.19. The molecule has 2 heterocycles. The van der Waals surface area contributed by atoms with Crippen molar-refractivity contribution in [1.29, 1.82) is 0 Å². The van der Waals surface area contributed by atoms with Crippen LogP contribution in [0.3, 0.4) is 0 Å². The summed E-state index contributed by atoms with van der Waals surface area (Å²) in [5.74, 6) is 0.350. The molecule has 0 bridgehead atoms. The van der Waals surface area contributed by atoms with Gasteiger partial charge in [0.2, 0.25) is 0 Å². The molecule has 0 spiro atoms. The fraction of sp³-hybridized carbons (Fsp3) is 0.286. The minimum atomic E-state index is -0.0501. The van der Waals surface area contributed by atoms with Crippen LogP contribution in [0.5, 0.6) is 0 Å². The van der Waals surface area contributed by atoms with Crippen molar-refractivity contribution in [2.45, 2.75) is 32.9 Å². The second-order valence-corrected chi connectivity index (χ2v) is 6.17. The van der Waals surface area contributed by atoms with Crippen LogP contribution in [0.15, 0.2) is 71.5 Å². The molecule has 4 heteroatoms. The Labute approximate surface area is 148 Å². The van der Waals surface area contributed by atoms with Gasteiger partial charge in [0, 0.05) is 25.0 Å². The van der Waals surface area contributed by atoms with E-state index >= 15 is 0 Å². The number of carbonyl (C=O) groups is 1. The minimum absolute atomic E-state index is 0.0501. The predicted molar refractivity (Wildman–Crippen MR) is 98.3 cm³/mol. The van der Waals surface area contributed by atoms with Gasteiger partial charge in [0.25, 0.3) is 5.91 Å². The van der Waals surface area contributed by atoms with Crippen LogP contribution in [0.4, 0.5) is 0 Å². The molecular weight excluding hydrogens is 312 g/mol. The lowest BCUT2D eigenvalue weighted by Gasteiger charge is -2.22. The molecular formula is C21H24N2O2. The lowest BCUT2D eigenvalue weighted by molar-refractivity contribution is 0.0705. The van der Waals surface area contributed by atoms with E-state index in [1.807, 2.05) is 29.2 Å². The molecule has 1 aromatic carbocycles. The maximum Gasteiger partial charge on any atom is 0.289 e. The zero-order chi connectivity index (χ0) is 17.5. The van der Waals surface area contributed by atoms with E-state index in [4.69, 9.17) is 4.42 Å². The minimum Gasteiger partial charge on any atom is -0.459 e. The van der Waals surface area contributed by atoms with E-state index in [1.54, 1.807) is 18.4 Å². The van der Waals surface area contributed by atoms with Crippen molar-refractivity contribution < 1.29 is 9.21 Å². The van der Waals surface area contributed by atoms with Gasteiger partial charge in [-0.15, -0.1) is 0 Å². The van der Waals surface area contributed by atoms with Crippen LogP contribution >= 0.6 is 0 Å². The molecule has 2 aromatic heterocycles. The van der Waals surface area contributed by atoms with E-state index in [2.05, 4.69) is 35.9 Å². The number of benzene rings is 1. The van der Waals surface area contributed by atoms with Crippen molar-refractivity contribution in [2.24, 2.45) is 0 Å². The highest BCUT2D eigenvalue weighted by Crippen LogP contribution is 2.14. The summed E-state index contributed by atoms with van der Waals surface area (Å²) in [5, 5.41) is 0. The van der Waals surface area contributed by atoms with Gasteiger partial charge >= 0.3 is 0 Å². The highest BCUT2D eigenvalue weighted by molar-refractivity contribution is 5.91. The average Bonchev–Trinajstić information content (AvgIpc) is 3.31. The maximum atomic E-state index is 12.7. The van der Waals surface area contributed by atoms with E-state index in [0.717, 1.165) is 31.6 Å². The Morgan fingerprint density at radius 3 is 2.64 bits per heavy atom. The van der Waals surface area contributed by atoms with Crippen LogP contribution in [0.1, 0.15) is 41.6 Å². The molecule has 4 nitrogen and oxygen atoms in total. The van der Waals surface area contributed by atoms with Crippen LogP contribution < -0.4 is 0 Å². The monoisotopic (exact) mass is 336 g/mol. The van der Waals surface area contributed by atoms with E-state index in [9.17, 15) is 4.79 Å². The van der Waals surface area contributed by atoms with Gasteiger partial charge in [-0.2, -0.15) is 0 Å². The van der Waals surface area contributed by atoms with Gasteiger partial charge in [0.1, 0.15) is 0 Å². The zero-order valence-corrected chi connectivity index (χ0v) is 14.6. The molecule has 130 valence electrons. The number of nitrogens with zero attached hydrogens (tertiary/aromatic N) is 2. The van der Waals surface area contributed by atoms with Crippen LogP contribution in [-0.2, 0) is 13.1 Å². The van der Waals surface area contributed by atoms with Gasteiger partial charge in [-0.1, -0.05) is 43.7 Å². The van der Waals surface area contributed by atoms with Gasteiger partial charge in [-0.25, -0.2) is 0 Å². The number of hydrogen-bond donors (Lipinski definition) is 0.